The van der Waals surface area contributed by atoms with Gasteiger partial charge in [0.05, 0.1) is 5.69 Å². The fraction of sp³-hybridized carbons (Fsp3) is 0.125. The van der Waals surface area contributed by atoms with Crippen LogP contribution in [-0.4, -0.2) is 9.38 Å². The highest BCUT2D eigenvalue weighted by Crippen LogP contribution is 2.23. The van der Waals surface area contributed by atoms with Gasteiger partial charge in [0.2, 0.25) is 0 Å². The number of nitrogens with zero attached hydrogens (tertiary/aromatic N) is 2. The number of fused-ring (bicyclic) bond motifs is 1. The van der Waals surface area contributed by atoms with Gasteiger partial charge in [0.15, 0.2) is 0 Å². The van der Waals surface area contributed by atoms with E-state index in [2.05, 4.69) is 4.98 Å². The topological polar surface area (TPSA) is 60.4 Å². The molecule has 3 aromatic rings. The van der Waals surface area contributed by atoms with Gasteiger partial charge in [-0.05, 0) is 36.8 Å². The number of benzene rings is 1. The van der Waals surface area contributed by atoms with Crippen LogP contribution in [0, 0.1) is 6.92 Å². The predicted molar refractivity (Wildman–Crippen MR) is 86.6 cm³/mol. The van der Waals surface area contributed by atoms with Crippen molar-refractivity contribution in [3.05, 3.63) is 70.3 Å². The summed E-state index contributed by atoms with van der Waals surface area (Å²) in [5.74, 6) is 0.642. The summed E-state index contributed by atoms with van der Waals surface area (Å²) in [5, 5.41) is 0. The molecule has 0 saturated carbocycles. The molecule has 0 aliphatic rings. The van der Waals surface area contributed by atoms with Crippen LogP contribution in [0.3, 0.4) is 0 Å². The van der Waals surface area contributed by atoms with Crippen LogP contribution in [0.25, 0.3) is 5.65 Å². The average molecular weight is 297 g/mol. The zero-order valence-corrected chi connectivity index (χ0v) is 12.4. The number of anilines is 1. The van der Waals surface area contributed by atoms with Gasteiger partial charge >= 0.3 is 0 Å². The molecular formula is C16H15N3OS. The van der Waals surface area contributed by atoms with Crippen LogP contribution in [0.5, 0.6) is 0 Å². The first-order valence-electron chi connectivity index (χ1n) is 6.60. The summed E-state index contributed by atoms with van der Waals surface area (Å²) < 4.78 is 1.57. The van der Waals surface area contributed by atoms with E-state index in [1.807, 2.05) is 43.3 Å². The Hall–Kier alpha value is -2.27. The van der Waals surface area contributed by atoms with E-state index in [1.165, 1.54) is 0 Å². The van der Waals surface area contributed by atoms with Gasteiger partial charge < -0.3 is 5.73 Å². The summed E-state index contributed by atoms with van der Waals surface area (Å²) in [4.78, 5) is 17.8. The highest BCUT2D eigenvalue weighted by Gasteiger charge is 2.05. The van der Waals surface area contributed by atoms with Crippen molar-refractivity contribution in [1.82, 2.24) is 9.38 Å². The molecule has 0 aliphatic heterocycles. The Kier molecular flexibility index (Phi) is 3.66. The molecule has 3 rings (SSSR count). The summed E-state index contributed by atoms with van der Waals surface area (Å²) in [6, 6.07) is 13.1. The van der Waals surface area contributed by atoms with Crippen molar-refractivity contribution >= 4 is 23.1 Å². The van der Waals surface area contributed by atoms with E-state index in [4.69, 9.17) is 5.73 Å². The molecule has 2 N–H and O–H groups in total. The Labute approximate surface area is 126 Å². The Morgan fingerprint density at radius 2 is 2.10 bits per heavy atom. The highest BCUT2D eigenvalue weighted by atomic mass is 32.2. The van der Waals surface area contributed by atoms with Crippen LogP contribution in [0.1, 0.15) is 11.3 Å². The maximum Gasteiger partial charge on any atom is 0.258 e. The lowest BCUT2D eigenvalue weighted by atomic mass is 10.3. The maximum atomic E-state index is 12.1. The lowest BCUT2D eigenvalue weighted by molar-refractivity contribution is 1.00. The summed E-state index contributed by atoms with van der Waals surface area (Å²) in [6.07, 6.45) is 1.74. The van der Waals surface area contributed by atoms with Crippen LogP contribution in [-0.2, 0) is 5.75 Å². The number of nitrogen functional groups attached to an aromatic ring is 1. The number of nitrogens with two attached hydrogens (primary N) is 1. The molecule has 4 nitrogen and oxygen atoms in total. The van der Waals surface area contributed by atoms with Crippen LogP contribution < -0.4 is 11.3 Å². The Bertz CT molecular complexity index is 858. The second kappa shape index (κ2) is 5.61. The zero-order chi connectivity index (χ0) is 14.8. The van der Waals surface area contributed by atoms with Crippen LogP contribution in [0.4, 0.5) is 5.69 Å². The number of aromatic nitrogens is 2. The number of rotatable bonds is 3. The van der Waals surface area contributed by atoms with Crippen molar-refractivity contribution in [2.45, 2.75) is 17.6 Å². The van der Waals surface area contributed by atoms with Gasteiger partial charge in [0, 0.05) is 28.6 Å². The number of aryl methyl sites for hydroxylation is 1. The van der Waals surface area contributed by atoms with Crippen molar-refractivity contribution in [2.75, 3.05) is 5.73 Å². The summed E-state index contributed by atoms with van der Waals surface area (Å²) >= 11 is 1.62. The van der Waals surface area contributed by atoms with E-state index in [-0.39, 0.29) is 5.56 Å². The standard InChI is InChI=1S/C16H15N3OS/c1-11-4-3-7-19-15(20)9-13(18-16(11)19)10-21-14-6-2-5-12(17)8-14/h2-9H,10,17H2,1H3. The van der Waals surface area contributed by atoms with Gasteiger partial charge in [-0.3, -0.25) is 9.20 Å². The maximum absolute atomic E-state index is 12.1. The fourth-order valence-corrected chi connectivity index (χ4v) is 3.00. The van der Waals surface area contributed by atoms with Gasteiger partial charge in [-0.1, -0.05) is 12.1 Å². The van der Waals surface area contributed by atoms with Crippen molar-refractivity contribution < 1.29 is 0 Å². The van der Waals surface area contributed by atoms with Crippen molar-refractivity contribution in [2.24, 2.45) is 0 Å². The number of pyridine rings is 1. The van der Waals surface area contributed by atoms with E-state index in [0.29, 0.717) is 11.4 Å². The highest BCUT2D eigenvalue weighted by molar-refractivity contribution is 7.98. The van der Waals surface area contributed by atoms with Crippen molar-refractivity contribution in [1.29, 1.82) is 0 Å². The molecule has 1 aromatic carbocycles. The zero-order valence-electron chi connectivity index (χ0n) is 11.6. The molecule has 0 amide bonds. The Balaban J connectivity index is 1.91. The lowest BCUT2D eigenvalue weighted by Crippen LogP contribution is -2.15. The van der Waals surface area contributed by atoms with Crippen LogP contribution >= 0.6 is 11.8 Å². The normalized spacial score (nSPS) is 10.9. The van der Waals surface area contributed by atoms with Crippen LogP contribution in [0.15, 0.2) is 58.4 Å². The minimum absolute atomic E-state index is 0.0492. The molecule has 0 unspecified atom stereocenters. The molecule has 0 saturated heterocycles. The van der Waals surface area contributed by atoms with Gasteiger partial charge in [0.25, 0.3) is 5.56 Å². The van der Waals surface area contributed by atoms with Crippen molar-refractivity contribution in [3.8, 4) is 0 Å². The van der Waals surface area contributed by atoms with E-state index in [9.17, 15) is 4.79 Å². The van der Waals surface area contributed by atoms with E-state index in [1.54, 1.807) is 28.4 Å². The van der Waals surface area contributed by atoms with E-state index >= 15 is 0 Å². The average Bonchev–Trinajstić information content (AvgIpc) is 2.46. The monoisotopic (exact) mass is 297 g/mol. The Morgan fingerprint density at radius 3 is 2.90 bits per heavy atom. The first-order chi connectivity index (χ1) is 10.1. The summed E-state index contributed by atoms with van der Waals surface area (Å²) in [7, 11) is 0. The smallest absolute Gasteiger partial charge is 0.258 e. The van der Waals surface area contributed by atoms with Gasteiger partial charge in [-0.25, -0.2) is 4.98 Å². The number of thioether (sulfide) groups is 1. The first kappa shape index (κ1) is 13.7. The third-order valence-electron chi connectivity index (χ3n) is 3.18. The second-order valence-corrected chi connectivity index (χ2v) is 5.88. The fourth-order valence-electron chi connectivity index (χ4n) is 2.14. The molecule has 0 bridgehead atoms. The van der Waals surface area contributed by atoms with E-state index in [0.717, 1.165) is 21.8 Å². The minimum Gasteiger partial charge on any atom is -0.399 e. The molecule has 106 valence electrons. The summed E-state index contributed by atoms with van der Waals surface area (Å²) in [5.41, 5.74) is 8.94. The van der Waals surface area contributed by atoms with Gasteiger partial charge in [0.1, 0.15) is 5.65 Å². The molecule has 21 heavy (non-hydrogen) atoms. The number of hydrogen-bond donors (Lipinski definition) is 1. The molecule has 2 aromatic heterocycles. The summed E-state index contributed by atoms with van der Waals surface area (Å²) in [6.45, 7) is 1.95. The molecule has 0 aliphatic carbocycles. The Morgan fingerprint density at radius 1 is 1.24 bits per heavy atom. The molecule has 0 spiro atoms. The lowest BCUT2D eigenvalue weighted by Gasteiger charge is -2.06. The molecule has 5 heteroatoms. The first-order valence-corrected chi connectivity index (χ1v) is 7.58. The van der Waals surface area contributed by atoms with Crippen LogP contribution in [0.2, 0.25) is 0 Å². The third-order valence-corrected chi connectivity index (χ3v) is 4.21. The molecule has 2 heterocycles. The molecule has 0 atom stereocenters. The number of hydrogen-bond acceptors (Lipinski definition) is 4. The largest absolute Gasteiger partial charge is 0.399 e. The predicted octanol–water partition coefficient (Wildman–Crippen LogP) is 2.88. The van der Waals surface area contributed by atoms with Gasteiger partial charge in [-0.15, -0.1) is 11.8 Å². The van der Waals surface area contributed by atoms with Crippen molar-refractivity contribution in [3.63, 3.8) is 0 Å². The molecule has 0 radical (unpaired) electrons. The molecular weight excluding hydrogens is 282 g/mol. The van der Waals surface area contributed by atoms with E-state index < -0.39 is 0 Å². The SMILES string of the molecule is Cc1cccn2c(=O)cc(CSc3cccc(N)c3)nc12. The minimum atomic E-state index is -0.0492. The second-order valence-electron chi connectivity index (χ2n) is 4.83. The molecule has 0 fully saturated rings. The quantitative estimate of drug-likeness (QED) is 0.596. The van der Waals surface area contributed by atoms with Gasteiger partial charge in [-0.2, -0.15) is 0 Å². The third kappa shape index (κ3) is 2.92.